The molecule has 0 radical (unpaired) electrons. The van der Waals surface area contributed by atoms with E-state index in [4.69, 9.17) is 23.2 Å². The van der Waals surface area contributed by atoms with Crippen LogP contribution in [-0.4, -0.2) is 23.9 Å². The highest BCUT2D eigenvalue weighted by Gasteiger charge is 2.15. The minimum atomic E-state index is -0.187. The zero-order valence-corrected chi connectivity index (χ0v) is 14.9. The minimum Gasteiger partial charge on any atom is -0.348 e. The lowest BCUT2D eigenvalue weighted by Crippen LogP contribution is -2.25. The molecule has 1 saturated heterocycles. The lowest BCUT2D eigenvalue weighted by Gasteiger charge is -2.18. The number of carbonyl (C=O) groups is 1. The Balaban J connectivity index is 1.66. The highest BCUT2D eigenvalue weighted by atomic mass is 35.5. The van der Waals surface area contributed by atoms with Crippen LogP contribution in [0.3, 0.4) is 0 Å². The molecule has 0 saturated carbocycles. The van der Waals surface area contributed by atoms with Crippen LogP contribution in [0, 0.1) is 0 Å². The van der Waals surface area contributed by atoms with Crippen LogP contribution < -0.4 is 5.32 Å². The molecule has 0 spiro atoms. The fourth-order valence-electron chi connectivity index (χ4n) is 3.01. The fourth-order valence-corrected chi connectivity index (χ4v) is 3.50. The Morgan fingerprint density at radius 1 is 1.04 bits per heavy atom. The summed E-state index contributed by atoms with van der Waals surface area (Å²) in [5.41, 5.74) is 2.85. The molecule has 1 aliphatic heterocycles. The Morgan fingerprint density at radius 3 is 2.46 bits per heavy atom. The molecule has 3 nitrogen and oxygen atoms in total. The smallest absolute Gasteiger partial charge is 0.253 e. The standard InChI is InChI=1S/C19H20Cl2N2O/c20-16-7-8-17(18(21)11-16)19(24)22-12-14-5-1-2-6-15(14)13-23-9-3-4-10-23/h1-2,5-8,11H,3-4,9-10,12-13H2,(H,22,24). The van der Waals surface area contributed by atoms with Crippen molar-refractivity contribution in [3.63, 3.8) is 0 Å². The second kappa shape index (κ2) is 8.02. The Kier molecular flexibility index (Phi) is 5.77. The van der Waals surface area contributed by atoms with Crippen molar-refractivity contribution in [3.05, 3.63) is 69.2 Å². The van der Waals surface area contributed by atoms with Crippen LogP contribution >= 0.6 is 23.2 Å². The molecule has 0 bridgehead atoms. The first-order chi connectivity index (χ1) is 11.6. The van der Waals surface area contributed by atoms with Crippen LogP contribution in [0.15, 0.2) is 42.5 Å². The molecular formula is C19H20Cl2N2O. The van der Waals surface area contributed by atoms with Gasteiger partial charge in [0.25, 0.3) is 5.91 Å². The summed E-state index contributed by atoms with van der Waals surface area (Å²) >= 11 is 12.0. The van der Waals surface area contributed by atoms with Crippen LogP contribution in [0.4, 0.5) is 0 Å². The summed E-state index contributed by atoms with van der Waals surface area (Å²) in [6, 6.07) is 13.2. The quantitative estimate of drug-likeness (QED) is 0.847. The molecule has 5 heteroatoms. The van der Waals surface area contributed by atoms with E-state index < -0.39 is 0 Å². The zero-order chi connectivity index (χ0) is 16.9. The maximum absolute atomic E-state index is 12.4. The van der Waals surface area contributed by atoms with E-state index >= 15 is 0 Å². The van der Waals surface area contributed by atoms with E-state index in [0.29, 0.717) is 22.2 Å². The molecule has 1 heterocycles. The number of benzene rings is 2. The summed E-state index contributed by atoms with van der Waals surface area (Å²) in [7, 11) is 0. The van der Waals surface area contributed by atoms with Crippen LogP contribution in [0.2, 0.25) is 10.0 Å². The van der Waals surface area contributed by atoms with Gasteiger partial charge in [0.2, 0.25) is 0 Å². The normalized spacial score (nSPS) is 14.8. The summed E-state index contributed by atoms with van der Waals surface area (Å²) in [6.07, 6.45) is 2.54. The molecule has 0 atom stereocenters. The molecule has 2 aromatic rings. The van der Waals surface area contributed by atoms with Gasteiger partial charge in [-0.05, 0) is 55.3 Å². The molecule has 126 valence electrons. The average Bonchev–Trinajstić information content (AvgIpc) is 3.07. The van der Waals surface area contributed by atoms with Gasteiger partial charge in [-0.2, -0.15) is 0 Å². The maximum atomic E-state index is 12.4. The number of halogens is 2. The summed E-state index contributed by atoms with van der Waals surface area (Å²) in [6.45, 7) is 3.73. The van der Waals surface area contributed by atoms with Crippen molar-refractivity contribution in [2.45, 2.75) is 25.9 Å². The van der Waals surface area contributed by atoms with E-state index in [-0.39, 0.29) is 5.91 Å². The third-order valence-electron chi connectivity index (χ3n) is 4.33. The molecule has 1 N–H and O–H groups in total. The maximum Gasteiger partial charge on any atom is 0.253 e. The van der Waals surface area contributed by atoms with E-state index in [1.807, 2.05) is 12.1 Å². The number of hydrogen-bond acceptors (Lipinski definition) is 2. The topological polar surface area (TPSA) is 32.3 Å². The van der Waals surface area contributed by atoms with Crippen molar-refractivity contribution in [2.75, 3.05) is 13.1 Å². The van der Waals surface area contributed by atoms with E-state index in [2.05, 4.69) is 22.3 Å². The average molecular weight is 363 g/mol. The second-order valence-electron chi connectivity index (χ2n) is 6.06. The van der Waals surface area contributed by atoms with Gasteiger partial charge in [0.15, 0.2) is 0 Å². The molecule has 0 aliphatic carbocycles. The summed E-state index contributed by atoms with van der Waals surface area (Å²) in [4.78, 5) is 14.8. The first kappa shape index (κ1) is 17.3. The lowest BCUT2D eigenvalue weighted by molar-refractivity contribution is 0.0951. The van der Waals surface area contributed by atoms with Crippen LogP contribution in [-0.2, 0) is 13.1 Å². The molecule has 1 aliphatic rings. The van der Waals surface area contributed by atoms with Crippen molar-refractivity contribution in [1.82, 2.24) is 10.2 Å². The van der Waals surface area contributed by atoms with Crippen LogP contribution in [0.1, 0.15) is 34.3 Å². The van der Waals surface area contributed by atoms with Gasteiger partial charge in [-0.1, -0.05) is 47.5 Å². The highest BCUT2D eigenvalue weighted by molar-refractivity contribution is 6.36. The SMILES string of the molecule is O=C(NCc1ccccc1CN1CCCC1)c1ccc(Cl)cc1Cl. The number of likely N-dealkylation sites (tertiary alicyclic amines) is 1. The Morgan fingerprint density at radius 2 is 1.75 bits per heavy atom. The second-order valence-corrected chi connectivity index (χ2v) is 6.90. The van der Waals surface area contributed by atoms with Crippen molar-refractivity contribution in [3.8, 4) is 0 Å². The highest BCUT2D eigenvalue weighted by Crippen LogP contribution is 2.21. The van der Waals surface area contributed by atoms with E-state index in [1.54, 1.807) is 18.2 Å². The molecule has 1 amide bonds. The molecule has 1 fully saturated rings. The predicted octanol–water partition coefficient (Wildman–Crippen LogP) is 4.52. The number of rotatable bonds is 5. The largest absolute Gasteiger partial charge is 0.348 e. The first-order valence-electron chi connectivity index (χ1n) is 8.16. The van der Waals surface area contributed by atoms with Crippen molar-refractivity contribution < 1.29 is 4.79 Å². The molecular weight excluding hydrogens is 343 g/mol. The number of nitrogens with zero attached hydrogens (tertiary/aromatic N) is 1. The van der Waals surface area contributed by atoms with Gasteiger partial charge in [0.05, 0.1) is 10.6 Å². The van der Waals surface area contributed by atoms with Gasteiger partial charge < -0.3 is 5.32 Å². The number of amides is 1. The molecule has 3 rings (SSSR count). The van der Waals surface area contributed by atoms with Crippen LogP contribution in [0.5, 0.6) is 0 Å². The monoisotopic (exact) mass is 362 g/mol. The Bertz CT molecular complexity index is 727. The molecule has 0 unspecified atom stereocenters. The third kappa shape index (κ3) is 4.29. The van der Waals surface area contributed by atoms with Gasteiger partial charge in [0, 0.05) is 18.1 Å². The Labute approximate surface area is 152 Å². The molecule has 24 heavy (non-hydrogen) atoms. The van der Waals surface area contributed by atoms with Crippen molar-refractivity contribution >= 4 is 29.1 Å². The van der Waals surface area contributed by atoms with E-state index in [9.17, 15) is 4.79 Å². The summed E-state index contributed by atoms with van der Waals surface area (Å²) in [5.74, 6) is -0.187. The first-order valence-corrected chi connectivity index (χ1v) is 8.91. The fraction of sp³-hybridized carbons (Fsp3) is 0.316. The van der Waals surface area contributed by atoms with E-state index in [0.717, 1.165) is 25.2 Å². The van der Waals surface area contributed by atoms with E-state index in [1.165, 1.54) is 18.4 Å². The van der Waals surface area contributed by atoms with Gasteiger partial charge in [-0.15, -0.1) is 0 Å². The zero-order valence-electron chi connectivity index (χ0n) is 13.4. The summed E-state index contributed by atoms with van der Waals surface area (Å²) in [5, 5.41) is 3.84. The Hall–Kier alpha value is -1.55. The van der Waals surface area contributed by atoms with Gasteiger partial charge in [0.1, 0.15) is 0 Å². The summed E-state index contributed by atoms with van der Waals surface area (Å²) < 4.78 is 0. The predicted molar refractivity (Wildman–Crippen MR) is 98.6 cm³/mol. The lowest BCUT2D eigenvalue weighted by atomic mass is 10.1. The minimum absolute atomic E-state index is 0.187. The van der Waals surface area contributed by atoms with Gasteiger partial charge in [-0.25, -0.2) is 0 Å². The van der Waals surface area contributed by atoms with Gasteiger partial charge in [-0.3, -0.25) is 9.69 Å². The van der Waals surface area contributed by atoms with Crippen molar-refractivity contribution in [1.29, 1.82) is 0 Å². The number of carbonyl (C=O) groups excluding carboxylic acids is 1. The number of hydrogen-bond donors (Lipinski definition) is 1. The third-order valence-corrected chi connectivity index (χ3v) is 4.87. The van der Waals surface area contributed by atoms with Gasteiger partial charge >= 0.3 is 0 Å². The van der Waals surface area contributed by atoms with Crippen LogP contribution in [0.25, 0.3) is 0 Å². The van der Waals surface area contributed by atoms with Crippen molar-refractivity contribution in [2.24, 2.45) is 0 Å². The molecule has 0 aromatic heterocycles. The number of nitrogens with one attached hydrogen (secondary N) is 1. The molecule has 2 aromatic carbocycles.